The summed E-state index contributed by atoms with van der Waals surface area (Å²) >= 11 is 0. The zero-order valence-electron chi connectivity index (χ0n) is 13.8. The molecule has 1 atom stereocenters. The largest absolute Gasteiger partial charge is 0.467 e. The predicted molar refractivity (Wildman–Crippen MR) is 90.2 cm³/mol. The van der Waals surface area contributed by atoms with Crippen LogP contribution in [-0.4, -0.2) is 29.3 Å². The lowest BCUT2D eigenvalue weighted by molar-refractivity contribution is -0.138. The molecule has 2 heterocycles. The number of amides is 2. The van der Waals surface area contributed by atoms with E-state index < -0.39 is 0 Å². The molecule has 0 radical (unpaired) electrons. The van der Waals surface area contributed by atoms with E-state index in [1.54, 1.807) is 17.2 Å². The minimum absolute atomic E-state index is 0.0138. The van der Waals surface area contributed by atoms with Crippen LogP contribution >= 0.6 is 0 Å². The minimum Gasteiger partial charge on any atom is -0.467 e. The molecule has 1 saturated heterocycles. The Kier molecular flexibility index (Phi) is 4.99. The summed E-state index contributed by atoms with van der Waals surface area (Å²) in [6.45, 7) is 2.99. The SMILES string of the molecule is Cc1ccccc1CC(=O)N1CCCC1C(=O)NCc1ccco1. The average molecular weight is 326 g/mol. The van der Waals surface area contributed by atoms with Crippen molar-refractivity contribution in [3.8, 4) is 0 Å². The summed E-state index contributed by atoms with van der Waals surface area (Å²) in [4.78, 5) is 26.8. The third-order valence-corrected chi connectivity index (χ3v) is 4.50. The highest BCUT2D eigenvalue weighted by Crippen LogP contribution is 2.20. The number of furan rings is 1. The molecule has 0 aliphatic carbocycles. The molecule has 0 saturated carbocycles. The number of hydrogen-bond acceptors (Lipinski definition) is 3. The molecule has 1 N–H and O–H groups in total. The monoisotopic (exact) mass is 326 g/mol. The Hall–Kier alpha value is -2.56. The highest BCUT2D eigenvalue weighted by molar-refractivity contribution is 5.89. The fourth-order valence-corrected chi connectivity index (χ4v) is 3.12. The lowest BCUT2D eigenvalue weighted by Crippen LogP contribution is -2.46. The first-order valence-corrected chi connectivity index (χ1v) is 8.29. The van der Waals surface area contributed by atoms with E-state index >= 15 is 0 Å². The second-order valence-electron chi connectivity index (χ2n) is 6.15. The molecule has 5 heteroatoms. The fraction of sp³-hybridized carbons (Fsp3) is 0.368. The van der Waals surface area contributed by atoms with Gasteiger partial charge < -0.3 is 14.6 Å². The molecule has 24 heavy (non-hydrogen) atoms. The Morgan fingerprint density at radius 1 is 1.25 bits per heavy atom. The Balaban J connectivity index is 1.61. The summed E-state index contributed by atoms with van der Waals surface area (Å²) in [5, 5.41) is 2.86. The number of nitrogens with zero attached hydrogens (tertiary/aromatic N) is 1. The van der Waals surface area contributed by atoms with Gasteiger partial charge in [0.2, 0.25) is 11.8 Å². The second kappa shape index (κ2) is 7.34. The van der Waals surface area contributed by atoms with Crippen molar-refractivity contribution in [2.45, 2.75) is 38.8 Å². The van der Waals surface area contributed by atoms with E-state index in [-0.39, 0.29) is 17.9 Å². The smallest absolute Gasteiger partial charge is 0.243 e. The van der Waals surface area contributed by atoms with Crippen molar-refractivity contribution < 1.29 is 14.0 Å². The van der Waals surface area contributed by atoms with E-state index in [1.807, 2.05) is 37.3 Å². The van der Waals surface area contributed by atoms with Crippen molar-refractivity contribution in [3.63, 3.8) is 0 Å². The van der Waals surface area contributed by atoms with Crippen LogP contribution in [0.25, 0.3) is 0 Å². The molecule has 1 unspecified atom stereocenters. The topological polar surface area (TPSA) is 62.6 Å². The van der Waals surface area contributed by atoms with Gasteiger partial charge in [-0.2, -0.15) is 0 Å². The molecule has 1 aromatic heterocycles. The van der Waals surface area contributed by atoms with Gasteiger partial charge in [0, 0.05) is 6.54 Å². The lowest BCUT2D eigenvalue weighted by Gasteiger charge is -2.24. The third kappa shape index (κ3) is 3.67. The van der Waals surface area contributed by atoms with Crippen molar-refractivity contribution in [2.75, 3.05) is 6.54 Å². The van der Waals surface area contributed by atoms with Crippen LogP contribution in [0.3, 0.4) is 0 Å². The number of benzene rings is 1. The highest BCUT2D eigenvalue weighted by atomic mass is 16.3. The van der Waals surface area contributed by atoms with E-state index in [2.05, 4.69) is 5.32 Å². The molecule has 0 spiro atoms. The first kappa shape index (κ1) is 16.3. The summed E-state index contributed by atoms with van der Waals surface area (Å²) in [7, 11) is 0. The number of aryl methyl sites for hydroxylation is 1. The molecule has 5 nitrogen and oxygen atoms in total. The van der Waals surface area contributed by atoms with Crippen LogP contribution in [0.15, 0.2) is 47.1 Å². The highest BCUT2D eigenvalue weighted by Gasteiger charge is 2.33. The van der Waals surface area contributed by atoms with Gasteiger partial charge in [0.05, 0.1) is 19.2 Å². The molecule has 1 aliphatic rings. The lowest BCUT2D eigenvalue weighted by atomic mass is 10.0. The summed E-state index contributed by atoms with van der Waals surface area (Å²) in [6.07, 6.45) is 3.49. The quantitative estimate of drug-likeness (QED) is 0.918. The van der Waals surface area contributed by atoms with Gasteiger partial charge in [0.25, 0.3) is 0 Å². The van der Waals surface area contributed by atoms with Crippen LogP contribution in [0.4, 0.5) is 0 Å². The zero-order chi connectivity index (χ0) is 16.9. The van der Waals surface area contributed by atoms with Crippen LogP contribution in [0.5, 0.6) is 0 Å². The standard InChI is InChI=1S/C19H22N2O3/c1-14-6-2-3-7-15(14)12-18(22)21-10-4-9-17(21)19(23)20-13-16-8-5-11-24-16/h2-3,5-8,11,17H,4,9-10,12-13H2,1H3,(H,20,23). The molecule has 3 rings (SSSR count). The molecule has 1 fully saturated rings. The average Bonchev–Trinajstić information content (AvgIpc) is 3.26. The van der Waals surface area contributed by atoms with Crippen LogP contribution in [0.2, 0.25) is 0 Å². The fourth-order valence-electron chi connectivity index (χ4n) is 3.12. The number of carbonyl (C=O) groups excluding carboxylic acids is 2. The Bertz CT molecular complexity index is 709. The van der Waals surface area contributed by atoms with Gasteiger partial charge in [-0.1, -0.05) is 24.3 Å². The first-order valence-electron chi connectivity index (χ1n) is 8.29. The molecule has 1 aliphatic heterocycles. The number of likely N-dealkylation sites (tertiary alicyclic amines) is 1. The molecule has 2 aromatic rings. The molecular formula is C19H22N2O3. The van der Waals surface area contributed by atoms with Crippen LogP contribution in [0, 0.1) is 6.92 Å². The van der Waals surface area contributed by atoms with E-state index in [9.17, 15) is 9.59 Å². The number of nitrogens with one attached hydrogen (secondary N) is 1. The second-order valence-corrected chi connectivity index (χ2v) is 6.15. The van der Waals surface area contributed by atoms with Crippen molar-refractivity contribution in [1.29, 1.82) is 0 Å². The normalized spacial score (nSPS) is 17.0. The minimum atomic E-state index is -0.378. The van der Waals surface area contributed by atoms with Crippen molar-refractivity contribution in [1.82, 2.24) is 10.2 Å². The molecule has 2 amide bonds. The molecule has 126 valence electrons. The van der Waals surface area contributed by atoms with Gasteiger partial charge in [0.1, 0.15) is 11.8 Å². The summed E-state index contributed by atoms with van der Waals surface area (Å²) in [6, 6.07) is 11.1. The van der Waals surface area contributed by atoms with Gasteiger partial charge in [-0.3, -0.25) is 9.59 Å². The van der Waals surface area contributed by atoms with Gasteiger partial charge in [-0.05, 0) is 43.0 Å². The third-order valence-electron chi connectivity index (χ3n) is 4.50. The van der Waals surface area contributed by atoms with Gasteiger partial charge in [-0.15, -0.1) is 0 Å². The summed E-state index contributed by atoms with van der Waals surface area (Å²) < 4.78 is 5.22. The summed E-state index contributed by atoms with van der Waals surface area (Å²) in [5.41, 5.74) is 2.12. The maximum atomic E-state index is 12.6. The molecular weight excluding hydrogens is 304 g/mol. The molecule has 0 bridgehead atoms. The number of hydrogen-bond donors (Lipinski definition) is 1. The number of carbonyl (C=O) groups is 2. The summed E-state index contributed by atoms with van der Waals surface area (Å²) in [5.74, 6) is 0.612. The maximum absolute atomic E-state index is 12.6. The Morgan fingerprint density at radius 2 is 2.08 bits per heavy atom. The van der Waals surface area contributed by atoms with Crippen LogP contribution in [0.1, 0.15) is 29.7 Å². The van der Waals surface area contributed by atoms with Crippen molar-refractivity contribution in [2.24, 2.45) is 0 Å². The zero-order valence-corrected chi connectivity index (χ0v) is 13.8. The van der Waals surface area contributed by atoms with E-state index in [0.717, 1.165) is 17.5 Å². The van der Waals surface area contributed by atoms with Crippen LogP contribution in [-0.2, 0) is 22.6 Å². The van der Waals surface area contributed by atoms with Crippen LogP contribution < -0.4 is 5.32 Å². The first-order chi connectivity index (χ1) is 11.6. The predicted octanol–water partition coefficient (Wildman–Crippen LogP) is 2.44. The van der Waals surface area contributed by atoms with E-state index in [4.69, 9.17) is 4.42 Å². The van der Waals surface area contributed by atoms with Gasteiger partial charge in [0.15, 0.2) is 0 Å². The molecule has 1 aromatic carbocycles. The van der Waals surface area contributed by atoms with Crippen molar-refractivity contribution in [3.05, 3.63) is 59.5 Å². The van der Waals surface area contributed by atoms with E-state index in [1.165, 1.54) is 0 Å². The van der Waals surface area contributed by atoms with Gasteiger partial charge in [-0.25, -0.2) is 0 Å². The Morgan fingerprint density at radius 3 is 2.83 bits per heavy atom. The maximum Gasteiger partial charge on any atom is 0.243 e. The Labute approximate surface area is 141 Å². The number of rotatable bonds is 5. The van der Waals surface area contributed by atoms with Gasteiger partial charge >= 0.3 is 0 Å². The van der Waals surface area contributed by atoms with Crippen molar-refractivity contribution >= 4 is 11.8 Å². The van der Waals surface area contributed by atoms with E-state index in [0.29, 0.717) is 31.7 Å².